The summed E-state index contributed by atoms with van der Waals surface area (Å²) >= 11 is 0. The minimum Gasteiger partial charge on any atom is -0.489 e. The van der Waals surface area contributed by atoms with Gasteiger partial charge in [-0.1, -0.05) is 5.92 Å². The molecule has 1 aromatic rings. The number of sulfone groups is 1. The maximum Gasteiger partial charge on any atom is 0.175 e. The monoisotopic (exact) mass is 271 g/mol. The van der Waals surface area contributed by atoms with Crippen LogP contribution in [0.3, 0.4) is 0 Å². The molecule has 1 aromatic carbocycles. The number of nitrogens with one attached hydrogen (secondary N) is 1. The van der Waals surface area contributed by atoms with E-state index >= 15 is 0 Å². The van der Waals surface area contributed by atoms with E-state index in [1.54, 1.807) is 6.07 Å². The standard InChI is InChI=1S/C12H14FNO3S/c1-3-7-14-11-5-4-10(18(2,15)16)9-12(11)17-8-6-13/h1,4-5,9,14H,6-8H2,2H3. The molecule has 1 rings (SSSR count). The molecule has 0 aliphatic carbocycles. The summed E-state index contributed by atoms with van der Waals surface area (Å²) < 4.78 is 40.1. The largest absolute Gasteiger partial charge is 0.489 e. The maximum atomic E-state index is 12.1. The summed E-state index contributed by atoms with van der Waals surface area (Å²) in [5, 5.41) is 2.87. The smallest absolute Gasteiger partial charge is 0.175 e. The van der Waals surface area contributed by atoms with Gasteiger partial charge in [-0.2, -0.15) is 0 Å². The second-order valence-electron chi connectivity index (χ2n) is 3.53. The van der Waals surface area contributed by atoms with Gasteiger partial charge in [0.05, 0.1) is 17.1 Å². The second-order valence-corrected chi connectivity index (χ2v) is 5.54. The number of halogens is 1. The molecule has 0 aromatic heterocycles. The van der Waals surface area contributed by atoms with Gasteiger partial charge in [0.1, 0.15) is 19.0 Å². The number of hydrogen-bond acceptors (Lipinski definition) is 4. The van der Waals surface area contributed by atoms with Gasteiger partial charge >= 0.3 is 0 Å². The Morgan fingerprint density at radius 3 is 2.78 bits per heavy atom. The number of terminal acetylenes is 1. The van der Waals surface area contributed by atoms with Gasteiger partial charge in [-0.15, -0.1) is 6.42 Å². The zero-order chi connectivity index (χ0) is 13.6. The summed E-state index contributed by atoms with van der Waals surface area (Å²) in [5.41, 5.74) is 0.536. The molecule has 6 heteroatoms. The molecule has 0 atom stereocenters. The highest BCUT2D eigenvalue weighted by atomic mass is 32.2. The lowest BCUT2D eigenvalue weighted by molar-refractivity contribution is 0.274. The van der Waals surface area contributed by atoms with Gasteiger partial charge in [0, 0.05) is 12.3 Å². The SMILES string of the molecule is C#CCNc1ccc(S(C)(=O)=O)cc1OCCF. The summed E-state index contributed by atoms with van der Waals surface area (Å²) in [4.78, 5) is 0.114. The molecule has 4 nitrogen and oxygen atoms in total. The summed E-state index contributed by atoms with van der Waals surface area (Å²) in [5.74, 6) is 2.65. The van der Waals surface area contributed by atoms with Gasteiger partial charge in [-0.05, 0) is 12.1 Å². The average Bonchev–Trinajstić information content (AvgIpc) is 2.33. The zero-order valence-electron chi connectivity index (χ0n) is 9.94. The zero-order valence-corrected chi connectivity index (χ0v) is 10.8. The van der Waals surface area contributed by atoms with Crippen molar-refractivity contribution in [2.45, 2.75) is 4.90 Å². The van der Waals surface area contributed by atoms with Crippen molar-refractivity contribution in [3.8, 4) is 18.1 Å². The molecule has 0 fully saturated rings. The van der Waals surface area contributed by atoms with Crippen LogP contribution in [0.4, 0.5) is 10.1 Å². The number of hydrogen-bond donors (Lipinski definition) is 1. The third-order valence-electron chi connectivity index (χ3n) is 2.10. The summed E-state index contributed by atoms with van der Waals surface area (Å²) in [6.07, 6.45) is 6.21. The van der Waals surface area contributed by atoms with Gasteiger partial charge in [0.2, 0.25) is 0 Å². The number of ether oxygens (including phenoxy) is 1. The van der Waals surface area contributed by atoms with Crippen LogP contribution in [-0.4, -0.2) is 34.5 Å². The number of benzene rings is 1. The van der Waals surface area contributed by atoms with Gasteiger partial charge in [-0.3, -0.25) is 0 Å². The first-order valence-electron chi connectivity index (χ1n) is 5.19. The van der Waals surface area contributed by atoms with Crippen molar-refractivity contribution in [1.82, 2.24) is 0 Å². The number of alkyl halides is 1. The molecule has 0 saturated carbocycles. The molecular formula is C12H14FNO3S. The number of anilines is 1. The van der Waals surface area contributed by atoms with E-state index in [4.69, 9.17) is 11.2 Å². The van der Waals surface area contributed by atoms with Crippen LogP contribution in [0.5, 0.6) is 5.75 Å². The lowest BCUT2D eigenvalue weighted by Crippen LogP contribution is -2.06. The molecule has 1 N–H and O–H groups in total. The van der Waals surface area contributed by atoms with Gasteiger partial charge in [0.25, 0.3) is 0 Å². The molecule has 0 aliphatic rings. The van der Waals surface area contributed by atoms with Crippen LogP contribution in [0, 0.1) is 12.3 Å². The van der Waals surface area contributed by atoms with Crippen molar-refractivity contribution < 1.29 is 17.5 Å². The van der Waals surface area contributed by atoms with E-state index in [1.807, 2.05) is 0 Å². The van der Waals surface area contributed by atoms with Crippen LogP contribution in [0.25, 0.3) is 0 Å². The van der Waals surface area contributed by atoms with Crippen molar-refractivity contribution in [2.75, 3.05) is 31.4 Å². The Hall–Kier alpha value is -1.74. The van der Waals surface area contributed by atoms with Crippen molar-refractivity contribution >= 4 is 15.5 Å². The number of rotatable bonds is 6. The molecule has 0 aliphatic heterocycles. The minimum absolute atomic E-state index is 0.114. The van der Waals surface area contributed by atoms with E-state index in [1.165, 1.54) is 12.1 Å². The van der Waals surface area contributed by atoms with E-state index in [0.29, 0.717) is 5.69 Å². The van der Waals surface area contributed by atoms with Crippen LogP contribution in [0.2, 0.25) is 0 Å². The van der Waals surface area contributed by atoms with Crippen molar-refractivity contribution in [3.05, 3.63) is 18.2 Å². The molecule has 98 valence electrons. The maximum absolute atomic E-state index is 12.1. The Bertz CT molecular complexity index is 549. The van der Waals surface area contributed by atoms with Crippen molar-refractivity contribution in [2.24, 2.45) is 0 Å². The molecule has 0 spiro atoms. The topological polar surface area (TPSA) is 55.4 Å². The van der Waals surface area contributed by atoms with E-state index in [9.17, 15) is 12.8 Å². The van der Waals surface area contributed by atoms with E-state index in [2.05, 4.69) is 11.2 Å². The lowest BCUT2D eigenvalue weighted by Gasteiger charge is -2.12. The summed E-state index contributed by atoms with van der Waals surface area (Å²) in [7, 11) is -3.33. The second kappa shape index (κ2) is 6.26. The Labute approximate surface area is 106 Å². The Balaban J connectivity index is 3.08. The average molecular weight is 271 g/mol. The molecule has 18 heavy (non-hydrogen) atoms. The van der Waals surface area contributed by atoms with Crippen LogP contribution in [0.15, 0.2) is 23.1 Å². The Morgan fingerprint density at radius 1 is 1.50 bits per heavy atom. The summed E-state index contributed by atoms with van der Waals surface area (Å²) in [6, 6.07) is 4.33. The lowest BCUT2D eigenvalue weighted by atomic mass is 10.3. The Morgan fingerprint density at radius 2 is 2.22 bits per heavy atom. The van der Waals surface area contributed by atoms with Crippen LogP contribution in [-0.2, 0) is 9.84 Å². The molecule has 0 amide bonds. The third-order valence-corrected chi connectivity index (χ3v) is 3.21. The van der Waals surface area contributed by atoms with Gasteiger partial charge in [0.15, 0.2) is 9.84 Å². The predicted molar refractivity (Wildman–Crippen MR) is 68.3 cm³/mol. The quantitative estimate of drug-likeness (QED) is 0.796. The van der Waals surface area contributed by atoms with Crippen molar-refractivity contribution in [1.29, 1.82) is 0 Å². The van der Waals surface area contributed by atoms with Crippen molar-refractivity contribution in [3.63, 3.8) is 0 Å². The fourth-order valence-corrected chi connectivity index (χ4v) is 1.93. The molecule has 0 saturated heterocycles. The highest BCUT2D eigenvalue weighted by molar-refractivity contribution is 7.90. The third kappa shape index (κ3) is 3.93. The molecule has 0 bridgehead atoms. The normalized spacial score (nSPS) is 10.7. The first kappa shape index (κ1) is 14.3. The first-order chi connectivity index (χ1) is 8.49. The van der Waals surface area contributed by atoms with E-state index in [-0.39, 0.29) is 23.8 Å². The minimum atomic E-state index is -3.33. The summed E-state index contributed by atoms with van der Waals surface area (Å²) in [6.45, 7) is -0.528. The van der Waals surface area contributed by atoms with Gasteiger partial charge in [-0.25, -0.2) is 12.8 Å². The molecule has 0 heterocycles. The van der Waals surface area contributed by atoms with Gasteiger partial charge < -0.3 is 10.1 Å². The molecule has 0 unspecified atom stereocenters. The molecular weight excluding hydrogens is 257 g/mol. The van der Waals surface area contributed by atoms with Crippen LogP contribution in [0.1, 0.15) is 0 Å². The highest BCUT2D eigenvalue weighted by Crippen LogP contribution is 2.27. The van der Waals surface area contributed by atoms with Crippen LogP contribution < -0.4 is 10.1 Å². The fourth-order valence-electron chi connectivity index (χ4n) is 1.29. The first-order valence-corrected chi connectivity index (χ1v) is 7.08. The highest BCUT2D eigenvalue weighted by Gasteiger charge is 2.11. The fraction of sp³-hybridized carbons (Fsp3) is 0.333. The Kier molecular flexibility index (Phi) is 4.98. The molecule has 0 radical (unpaired) electrons. The van der Waals surface area contributed by atoms with Crippen LogP contribution >= 0.6 is 0 Å². The van der Waals surface area contributed by atoms with E-state index < -0.39 is 16.5 Å². The van der Waals surface area contributed by atoms with E-state index in [0.717, 1.165) is 6.26 Å². The predicted octanol–water partition coefficient (Wildman–Crippen LogP) is 1.48.